The van der Waals surface area contributed by atoms with E-state index < -0.39 is 12.3 Å². The van der Waals surface area contributed by atoms with Gasteiger partial charge in [-0.05, 0) is 62.1 Å². The molecule has 2 aromatic carbocycles. The van der Waals surface area contributed by atoms with E-state index in [1.807, 2.05) is 86.1 Å². The number of rotatable bonds is 8. The molecule has 5 aromatic rings. The van der Waals surface area contributed by atoms with Gasteiger partial charge in [0.2, 0.25) is 0 Å². The van der Waals surface area contributed by atoms with Gasteiger partial charge >= 0.3 is 0 Å². The molecule has 3 heterocycles. The first kappa shape index (κ1) is 28.8. The number of hydrogen-bond acceptors (Lipinski definition) is 10. The quantitative estimate of drug-likeness (QED) is 0.178. The van der Waals surface area contributed by atoms with Gasteiger partial charge in [-0.2, -0.15) is 5.10 Å². The maximum absolute atomic E-state index is 10.8. The van der Waals surface area contributed by atoms with Crippen LogP contribution >= 0.6 is 0 Å². The number of nitrogens with one attached hydrogen (secondary N) is 1. The molecular formula is C32H38N8O3. The number of nitrogen functional groups attached to an aromatic ring is 1. The molecule has 0 saturated heterocycles. The Balaban J connectivity index is 1.15. The van der Waals surface area contributed by atoms with Crippen molar-refractivity contribution >= 4 is 16.9 Å². The normalized spacial score (nSPS) is 18.9. The predicted molar refractivity (Wildman–Crippen MR) is 164 cm³/mol. The summed E-state index contributed by atoms with van der Waals surface area (Å²) in [6.45, 7) is 6.12. The van der Waals surface area contributed by atoms with Crippen LogP contribution in [0, 0.1) is 0 Å². The molecule has 11 nitrogen and oxygen atoms in total. The lowest BCUT2D eigenvalue weighted by Crippen LogP contribution is -2.46. The van der Waals surface area contributed by atoms with Crippen molar-refractivity contribution in [3.05, 3.63) is 78.4 Å². The van der Waals surface area contributed by atoms with E-state index in [0.29, 0.717) is 17.2 Å². The van der Waals surface area contributed by atoms with E-state index in [4.69, 9.17) is 25.8 Å². The van der Waals surface area contributed by atoms with Crippen LogP contribution in [-0.4, -0.2) is 42.3 Å². The number of aliphatic hydroxyl groups excluding tert-OH is 1. The maximum atomic E-state index is 10.8. The van der Waals surface area contributed by atoms with Crippen molar-refractivity contribution in [2.24, 2.45) is 5.73 Å². The fourth-order valence-electron chi connectivity index (χ4n) is 5.55. The van der Waals surface area contributed by atoms with Crippen molar-refractivity contribution in [3.63, 3.8) is 0 Å². The third-order valence-electron chi connectivity index (χ3n) is 8.02. The average molecular weight is 583 g/mol. The minimum Gasteiger partial charge on any atom is -0.457 e. The van der Waals surface area contributed by atoms with Gasteiger partial charge in [0.05, 0.1) is 17.5 Å². The zero-order valence-corrected chi connectivity index (χ0v) is 24.6. The minimum absolute atomic E-state index is 0.101. The molecule has 1 aliphatic carbocycles. The van der Waals surface area contributed by atoms with E-state index in [0.717, 1.165) is 59.6 Å². The van der Waals surface area contributed by atoms with Gasteiger partial charge in [-0.25, -0.2) is 14.6 Å². The number of fused-ring (bicyclic) bond motifs is 1. The summed E-state index contributed by atoms with van der Waals surface area (Å²) in [5, 5.41) is 24.0. The van der Waals surface area contributed by atoms with E-state index in [1.54, 1.807) is 0 Å². The summed E-state index contributed by atoms with van der Waals surface area (Å²) in [5.41, 5.74) is 15.4. The standard InChI is InChI=1S/C32H38N8O3/c1-32(2,3)25-17-24(39-43-25)27(33)31(41)37-20-11-13-21(14-12-20)40-30-26(29(34)35-18-36-30)28(38-40)19-9-15-23(16-10-19)42-22-7-5-4-6-8-22/h4-10,15-18,20-21,27,31,37,41H,11-14,33H2,1-3H3,(H2,34,35,36)/t20?,21?,27-,31?/m1/s1. The van der Waals surface area contributed by atoms with Crippen molar-refractivity contribution in [3.8, 4) is 22.8 Å². The molecule has 6 rings (SSSR count). The van der Waals surface area contributed by atoms with Gasteiger partial charge in [0.15, 0.2) is 5.65 Å². The van der Waals surface area contributed by atoms with Gasteiger partial charge in [-0.3, -0.25) is 5.32 Å². The molecule has 224 valence electrons. The number of nitrogens with two attached hydrogens (primary N) is 2. The van der Waals surface area contributed by atoms with Crippen molar-refractivity contribution in [2.75, 3.05) is 5.73 Å². The summed E-state index contributed by atoms with van der Waals surface area (Å²) in [7, 11) is 0. The van der Waals surface area contributed by atoms with Crippen LogP contribution in [0.3, 0.4) is 0 Å². The Bertz CT molecular complexity index is 1670. The number of nitrogens with zero attached hydrogens (tertiary/aromatic N) is 5. The summed E-state index contributed by atoms with van der Waals surface area (Å²) < 4.78 is 13.4. The highest BCUT2D eigenvalue weighted by Crippen LogP contribution is 2.37. The zero-order chi connectivity index (χ0) is 30.1. The lowest BCUT2D eigenvalue weighted by molar-refractivity contribution is 0.0815. The van der Waals surface area contributed by atoms with Crippen molar-refractivity contribution < 1.29 is 14.4 Å². The van der Waals surface area contributed by atoms with Gasteiger partial charge in [0, 0.05) is 23.1 Å². The highest BCUT2D eigenvalue weighted by molar-refractivity contribution is 5.98. The second kappa shape index (κ2) is 11.8. The Labute approximate surface area is 250 Å². The molecule has 6 N–H and O–H groups in total. The second-order valence-corrected chi connectivity index (χ2v) is 12.2. The third kappa shape index (κ3) is 6.10. The Hall–Kier alpha value is -4.32. The number of ether oxygens (including phenoxy) is 1. The second-order valence-electron chi connectivity index (χ2n) is 12.2. The Morgan fingerprint density at radius 1 is 1.00 bits per heavy atom. The van der Waals surface area contributed by atoms with E-state index in [2.05, 4.69) is 20.4 Å². The Kier molecular flexibility index (Phi) is 7.87. The molecule has 3 aromatic heterocycles. The first-order valence-corrected chi connectivity index (χ1v) is 14.7. The van der Waals surface area contributed by atoms with Crippen LogP contribution in [-0.2, 0) is 5.41 Å². The number of benzene rings is 2. The van der Waals surface area contributed by atoms with E-state index in [1.165, 1.54) is 6.33 Å². The molecule has 0 amide bonds. The SMILES string of the molecule is CC(C)(C)c1cc([C@@H](N)C(O)NC2CCC(n3nc(-c4ccc(Oc5ccccc5)cc4)c4c(N)ncnc43)CC2)no1. The molecule has 1 unspecified atom stereocenters. The fourth-order valence-corrected chi connectivity index (χ4v) is 5.55. The van der Waals surface area contributed by atoms with Crippen LogP contribution in [0.2, 0.25) is 0 Å². The highest BCUT2D eigenvalue weighted by Gasteiger charge is 2.30. The van der Waals surface area contributed by atoms with E-state index in [9.17, 15) is 5.11 Å². The molecule has 1 aliphatic rings. The number of anilines is 1. The number of aliphatic hydroxyl groups is 1. The minimum atomic E-state index is -0.946. The molecule has 0 aliphatic heterocycles. The van der Waals surface area contributed by atoms with Crippen molar-refractivity contribution in [1.82, 2.24) is 30.2 Å². The number of aromatic nitrogens is 5. The van der Waals surface area contributed by atoms with Crippen LogP contribution in [0.25, 0.3) is 22.3 Å². The van der Waals surface area contributed by atoms with Crippen LogP contribution in [0.4, 0.5) is 5.82 Å². The van der Waals surface area contributed by atoms with Crippen molar-refractivity contribution in [1.29, 1.82) is 0 Å². The van der Waals surface area contributed by atoms with E-state index in [-0.39, 0.29) is 17.5 Å². The first-order valence-electron chi connectivity index (χ1n) is 14.7. The van der Waals surface area contributed by atoms with Crippen LogP contribution in [0.1, 0.15) is 70.0 Å². The van der Waals surface area contributed by atoms with Gasteiger partial charge < -0.3 is 25.8 Å². The predicted octanol–water partition coefficient (Wildman–Crippen LogP) is 5.25. The highest BCUT2D eigenvalue weighted by atomic mass is 16.5. The number of hydrogen-bond donors (Lipinski definition) is 4. The summed E-state index contributed by atoms with van der Waals surface area (Å²) in [5.74, 6) is 2.63. The molecule has 0 bridgehead atoms. The molecule has 0 spiro atoms. The van der Waals surface area contributed by atoms with E-state index >= 15 is 0 Å². The molecule has 1 saturated carbocycles. The third-order valence-corrected chi connectivity index (χ3v) is 8.02. The molecule has 0 radical (unpaired) electrons. The summed E-state index contributed by atoms with van der Waals surface area (Å²) in [6, 6.07) is 18.8. The van der Waals surface area contributed by atoms with Gasteiger partial charge in [0.1, 0.15) is 47.0 Å². The Morgan fingerprint density at radius 3 is 2.37 bits per heavy atom. The molecule has 43 heavy (non-hydrogen) atoms. The first-order chi connectivity index (χ1) is 20.7. The van der Waals surface area contributed by atoms with Crippen LogP contribution in [0.5, 0.6) is 11.5 Å². The Morgan fingerprint density at radius 2 is 1.70 bits per heavy atom. The summed E-state index contributed by atoms with van der Waals surface area (Å²) in [4.78, 5) is 8.83. The lowest BCUT2D eigenvalue weighted by Gasteiger charge is -2.32. The summed E-state index contributed by atoms with van der Waals surface area (Å²) >= 11 is 0. The molecular weight excluding hydrogens is 544 g/mol. The number of para-hydroxylation sites is 1. The maximum Gasteiger partial charge on any atom is 0.164 e. The monoisotopic (exact) mass is 582 g/mol. The molecule has 1 fully saturated rings. The van der Waals surface area contributed by atoms with Crippen LogP contribution in [0.15, 0.2) is 71.5 Å². The summed E-state index contributed by atoms with van der Waals surface area (Å²) in [6.07, 6.45) is 3.91. The molecule has 2 atom stereocenters. The zero-order valence-electron chi connectivity index (χ0n) is 24.6. The van der Waals surface area contributed by atoms with Gasteiger partial charge in [-0.15, -0.1) is 0 Å². The fraction of sp³-hybridized carbons (Fsp3) is 0.375. The van der Waals surface area contributed by atoms with Gasteiger partial charge in [0.25, 0.3) is 0 Å². The largest absolute Gasteiger partial charge is 0.457 e. The van der Waals surface area contributed by atoms with Crippen LogP contribution < -0.4 is 21.5 Å². The lowest BCUT2D eigenvalue weighted by atomic mass is 9.90. The molecule has 11 heteroatoms. The smallest absolute Gasteiger partial charge is 0.164 e. The average Bonchev–Trinajstić information content (AvgIpc) is 3.65. The van der Waals surface area contributed by atoms with Gasteiger partial charge in [-0.1, -0.05) is 44.1 Å². The van der Waals surface area contributed by atoms with Crippen molar-refractivity contribution in [2.45, 2.75) is 76.2 Å². The topological polar surface area (TPSA) is 163 Å².